The van der Waals surface area contributed by atoms with E-state index < -0.39 is 7.92 Å². The first kappa shape index (κ1) is 30.3. The molecule has 0 heterocycles. The van der Waals surface area contributed by atoms with Gasteiger partial charge < -0.3 is 0 Å². The molecule has 2 radical (unpaired) electrons. The molecule has 200 valence electrons. The predicted octanol–water partition coefficient (Wildman–Crippen LogP) is 9.80. The van der Waals surface area contributed by atoms with Gasteiger partial charge in [-0.2, -0.15) is 24.6 Å². The fourth-order valence-electron chi connectivity index (χ4n) is 6.40. The van der Waals surface area contributed by atoms with E-state index in [0.717, 1.165) is 11.3 Å². The Kier molecular flexibility index (Phi) is 12.3. The largest absolute Gasteiger partial charge is 2.00 e. The normalized spacial score (nSPS) is 21.4. The Bertz CT molecular complexity index is 1210. The van der Waals surface area contributed by atoms with Crippen molar-refractivity contribution in [2.24, 2.45) is 0 Å². The first-order chi connectivity index (χ1) is 18.8. The summed E-state index contributed by atoms with van der Waals surface area (Å²) in [5.41, 5.74) is 15.2. The molecule has 2 saturated carbocycles. The molecule has 1 unspecified atom stereocenters. The van der Waals surface area contributed by atoms with Crippen LogP contribution in [0.4, 0.5) is 0 Å². The third-order valence-electron chi connectivity index (χ3n) is 8.16. The van der Waals surface area contributed by atoms with Gasteiger partial charge in [-0.05, 0) is 59.8 Å². The Labute approximate surface area is 250 Å². The summed E-state index contributed by atoms with van der Waals surface area (Å²) in [6, 6.07) is 11.3. The molecule has 5 aliphatic carbocycles. The van der Waals surface area contributed by atoms with E-state index >= 15 is 0 Å². The quantitative estimate of drug-likeness (QED) is 0.129. The molecule has 1 aromatic rings. The fourth-order valence-corrected chi connectivity index (χ4v) is 13.2. The van der Waals surface area contributed by atoms with Gasteiger partial charge in [-0.15, -0.1) is 29.6 Å². The molecule has 0 N–H and O–H groups in total. The zero-order valence-corrected chi connectivity index (χ0v) is 25.9. The van der Waals surface area contributed by atoms with Crippen molar-refractivity contribution in [1.29, 1.82) is 0 Å². The second-order valence-corrected chi connectivity index (χ2v) is 15.9. The van der Waals surface area contributed by atoms with Gasteiger partial charge in [0.15, 0.2) is 0 Å². The van der Waals surface area contributed by atoms with Crippen molar-refractivity contribution in [2.75, 3.05) is 0 Å². The zero-order valence-electron chi connectivity index (χ0n) is 23.0. The van der Waals surface area contributed by atoms with E-state index in [0.29, 0.717) is 5.66 Å². The molecule has 3 heteroatoms. The maximum absolute atomic E-state index is 3.82. The minimum absolute atomic E-state index is 0. The topological polar surface area (TPSA) is 0 Å². The van der Waals surface area contributed by atoms with Gasteiger partial charge in [-0.1, -0.05) is 91.6 Å². The first-order valence-corrected chi connectivity index (χ1v) is 17.3. The summed E-state index contributed by atoms with van der Waals surface area (Å²) >= 11 is 0. The van der Waals surface area contributed by atoms with E-state index in [2.05, 4.69) is 116 Å². The second kappa shape index (κ2) is 15.9. The summed E-state index contributed by atoms with van der Waals surface area (Å²) < 4.78 is 0. The Morgan fingerprint density at radius 3 is 2.13 bits per heavy atom. The molecule has 0 aromatic heterocycles. The molecule has 0 nitrogen and oxygen atoms in total. The molecule has 39 heavy (non-hydrogen) atoms. The van der Waals surface area contributed by atoms with Crippen molar-refractivity contribution < 1.29 is 17.1 Å². The van der Waals surface area contributed by atoms with Gasteiger partial charge in [0.25, 0.3) is 0 Å². The van der Waals surface area contributed by atoms with Crippen LogP contribution in [0.15, 0.2) is 99.8 Å². The van der Waals surface area contributed by atoms with Crippen molar-refractivity contribution in [3.8, 4) is 0 Å². The number of hydrogen-bond donors (Lipinski definition) is 0. The predicted molar refractivity (Wildman–Crippen MR) is 166 cm³/mol. The Morgan fingerprint density at radius 1 is 0.897 bits per heavy atom. The zero-order chi connectivity index (χ0) is 26.0. The van der Waals surface area contributed by atoms with Gasteiger partial charge in [0.1, 0.15) is 0 Å². The third-order valence-corrected chi connectivity index (χ3v) is 14.5. The second-order valence-electron chi connectivity index (χ2n) is 10.6. The molecule has 6 rings (SSSR count). The van der Waals surface area contributed by atoms with Gasteiger partial charge in [-0.25, -0.2) is 5.73 Å². The van der Waals surface area contributed by atoms with Crippen LogP contribution in [0, 0.1) is 25.0 Å². The average Bonchev–Trinajstić information content (AvgIpc) is 3.72. The molecule has 0 amide bonds. The van der Waals surface area contributed by atoms with Crippen LogP contribution in [0.1, 0.15) is 71.1 Å². The maximum Gasteiger partial charge on any atom is 2.00 e. The van der Waals surface area contributed by atoms with E-state index in [4.69, 9.17) is 0 Å². The van der Waals surface area contributed by atoms with Crippen LogP contribution in [0.2, 0.25) is 0 Å². The summed E-state index contributed by atoms with van der Waals surface area (Å²) in [6.45, 7) is 2.50. The Morgan fingerprint density at radius 2 is 1.59 bits per heavy atom. The van der Waals surface area contributed by atoms with E-state index in [1.165, 1.54) is 74.8 Å². The van der Waals surface area contributed by atoms with Crippen LogP contribution in [0.5, 0.6) is 0 Å². The van der Waals surface area contributed by atoms with E-state index in [9.17, 15) is 0 Å². The van der Waals surface area contributed by atoms with E-state index in [1.807, 2.05) is 0 Å². The first-order valence-electron chi connectivity index (χ1n) is 14.4. The molecule has 2 atom stereocenters. The van der Waals surface area contributed by atoms with Gasteiger partial charge in [0, 0.05) is 11.2 Å². The molecule has 1 aromatic carbocycles. The van der Waals surface area contributed by atoms with Crippen molar-refractivity contribution in [3.63, 3.8) is 0 Å². The van der Waals surface area contributed by atoms with Crippen LogP contribution >= 0.6 is 15.8 Å². The maximum atomic E-state index is 3.82. The summed E-state index contributed by atoms with van der Waals surface area (Å²) in [7, 11) is -0.551. The van der Waals surface area contributed by atoms with Crippen molar-refractivity contribution in [1.82, 2.24) is 0 Å². The minimum Gasteiger partial charge on any atom is -0.288 e. The van der Waals surface area contributed by atoms with Crippen LogP contribution < -0.4 is 5.30 Å². The van der Waals surface area contributed by atoms with E-state index in [-0.39, 0.29) is 25.0 Å². The smallest absolute Gasteiger partial charge is 0.288 e. The van der Waals surface area contributed by atoms with Crippen molar-refractivity contribution in [2.45, 2.75) is 88.1 Å². The van der Waals surface area contributed by atoms with Gasteiger partial charge in [0.2, 0.25) is 0 Å². The van der Waals surface area contributed by atoms with Crippen LogP contribution in [-0.2, 0) is 17.1 Å². The molecular weight excluding hydrogens is 550 g/mol. The summed E-state index contributed by atoms with van der Waals surface area (Å²) in [6.07, 6.45) is 35.6. The molecular formula is C36H38FeP2. The monoisotopic (exact) mass is 588 g/mol. The van der Waals surface area contributed by atoms with Crippen LogP contribution in [-0.4, -0.2) is 17.0 Å². The number of rotatable bonds is 7. The number of hydrogen-bond acceptors (Lipinski definition) is 0. The van der Waals surface area contributed by atoms with Gasteiger partial charge in [0.05, 0.1) is 0 Å². The SMILES string of the molecule is C[C@H](C1=C=CC=C1P(C1CCCCC1)C1CCCCC1)P(C1=C[CH]C=C[CH-]1)c1ccccc1.[C]1=C=C=C=[C-]1.[Fe+2]. The molecule has 0 bridgehead atoms. The minimum atomic E-state index is -0.459. The molecule has 2 fully saturated rings. The Balaban J connectivity index is 0.000000530. The number of benzene rings is 1. The summed E-state index contributed by atoms with van der Waals surface area (Å²) in [5, 5.41) is 4.72. The summed E-state index contributed by atoms with van der Waals surface area (Å²) in [5.74, 6) is 0. The molecule has 0 aliphatic heterocycles. The standard InChI is InChI=1S/C31H38P2.C5.Fe/c1-25(32(26-15-6-2-7-16-26)27-17-8-3-9-18-27)30-23-14-24-31(30)33(28-19-10-4-11-20-28)29-21-12-5-13-22-29;1-2-4-5-3-1;/h2-3,6-9,14-18,24-25,28-29H,4-5,10-13,19-22H2,1H3;;/q2*-1;+2/t25-;;/m1../s1. The van der Waals surface area contributed by atoms with Gasteiger partial charge in [-0.3, -0.25) is 11.5 Å². The molecule has 0 spiro atoms. The van der Waals surface area contributed by atoms with Crippen LogP contribution in [0.3, 0.4) is 0 Å². The van der Waals surface area contributed by atoms with Crippen molar-refractivity contribution in [3.05, 3.63) is 125 Å². The third kappa shape index (κ3) is 7.94. The average molecular weight is 588 g/mol. The number of allylic oxidation sites excluding steroid dienone is 9. The van der Waals surface area contributed by atoms with E-state index in [1.54, 1.807) is 10.9 Å². The molecule has 5 aliphatic rings. The summed E-state index contributed by atoms with van der Waals surface area (Å²) in [4.78, 5) is 0. The van der Waals surface area contributed by atoms with Crippen LogP contribution in [0.25, 0.3) is 0 Å². The Hall–Kier alpha value is -1.71. The fraction of sp³-hybridized carbons (Fsp3) is 0.389. The van der Waals surface area contributed by atoms with Gasteiger partial charge >= 0.3 is 17.1 Å². The molecule has 0 saturated heterocycles. The van der Waals surface area contributed by atoms with Crippen molar-refractivity contribution >= 4 is 21.1 Å².